The minimum Gasteiger partial charge on any atom is -0.484 e. The predicted molar refractivity (Wildman–Crippen MR) is 77.8 cm³/mol. The van der Waals surface area contributed by atoms with Gasteiger partial charge in [-0.25, -0.2) is 0 Å². The van der Waals surface area contributed by atoms with Crippen molar-refractivity contribution in [1.82, 2.24) is 5.32 Å². The van der Waals surface area contributed by atoms with Gasteiger partial charge in [0.1, 0.15) is 5.75 Å². The number of ether oxygens (including phenoxy) is 2. The number of carbonyl (C=O) groups is 1. The van der Waals surface area contributed by atoms with Crippen molar-refractivity contribution in [1.29, 1.82) is 0 Å². The van der Waals surface area contributed by atoms with Crippen LogP contribution in [0.1, 0.15) is 25.3 Å². The molecule has 1 amide bonds. The van der Waals surface area contributed by atoms with E-state index in [1.54, 1.807) is 0 Å². The van der Waals surface area contributed by atoms with Crippen molar-refractivity contribution in [3.63, 3.8) is 0 Å². The number of aryl methyl sites for hydroxylation is 1. The van der Waals surface area contributed by atoms with E-state index in [0.717, 1.165) is 31.8 Å². The molecule has 1 aromatic rings. The van der Waals surface area contributed by atoms with Gasteiger partial charge in [-0.1, -0.05) is 24.6 Å². The molecule has 1 aromatic carbocycles. The molecule has 0 saturated carbocycles. The molecule has 0 unspecified atom stereocenters. The largest absolute Gasteiger partial charge is 0.484 e. The average molecular weight is 277 g/mol. The number of hydrogen-bond acceptors (Lipinski definition) is 3. The SMILES string of the molecule is Cc1ccc(OCC(=O)NCC2(C)CCOCC2)cc1. The number of hydrogen-bond donors (Lipinski definition) is 1. The first-order valence-corrected chi connectivity index (χ1v) is 7.11. The Kier molecular flexibility index (Phi) is 5.01. The molecule has 2 rings (SSSR count). The smallest absolute Gasteiger partial charge is 0.257 e. The highest BCUT2D eigenvalue weighted by molar-refractivity contribution is 5.77. The van der Waals surface area contributed by atoms with E-state index < -0.39 is 0 Å². The normalized spacial score (nSPS) is 17.5. The lowest BCUT2D eigenvalue weighted by Gasteiger charge is -2.33. The molecule has 0 bridgehead atoms. The third-order valence-electron chi connectivity index (χ3n) is 3.80. The van der Waals surface area contributed by atoms with Gasteiger partial charge in [0.2, 0.25) is 0 Å². The van der Waals surface area contributed by atoms with E-state index in [-0.39, 0.29) is 17.9 Å². The second kappa shape index (κ2) is 6.75. The molecule has 1 saturated heterocycles. The van der Waals surface area contributed by atoms with Crippen LogP contribution in [-0.4, -0.2) is 32.3 Å². The zero-order valence-corrected chi connectivity index (χ0v) is 12.3. The highest BCUT2D eigenvalue weighted by Crippen LogP contribution is 2.28. The van der Waals surface area contributed by atoms with E-state index in [0.29, 0.717) is 6.54 Å². The molecule has 1 fully saturated rings. The summed E-state index contributed by atoms with van der Waals surface area (Å²) in [5.74, 6) is 0.654. The molecular formula is C16H23NO3. The fourth-order valence-corrected chi connectivity index (χ4v) is 2.19. The fourth-order valence-electron chi connectivity index (χ4n) is 2.19. The van der Waals surface area contributed by atoms with Crippen LogP contribution in [0.2, 0.25) is 0 Å². The quantitative estimate of drug-likeness (QED) is 0.898. The molecule has 1 N–H and O–H groups in total. The Hall–Kier alpha value is -1.55. The summed E-state index contributed by atoms with van der Waals surface area (Å²) in [4.78, 5) is 11.8. The summed E-state index contributed by atoms with van der Waals surface area (Å²) in [5.41, 5.74) is 1.33. The van der Waals surface area contributed by atoms with E-state index in [4.69, 9.17) is 9.47 Å². The lowest BCUT2D eigenvalue weighted by Crippen LogP contribution is -2.41. The predicted octanol–water partition coefficient (Wildman–Crippen LogP) is 2.31. The number of benzene rings is 1. The van der Waals surface area contributed by atoms with Crippen LogP contribution < -0.4 is 10.1 Å². The van der Waals surface area contributed by atoms with Crippen molar-refractivity contribution < 1.29 is 14.3 Å². The molecule has 110 valence electrons. The molecule has 1 heterocycles. The zero-order valence-electron chi connectivity index (χ0n) is 12.3. The fraction of sp³-hybridized carbons (Fsp3) is 0.562. The lowest BCUT2D eigenvalue weighted by molar-refractivity contribution is -0.124. The van der Waals surface area contributed by atoms with Gasteiger partial charge >= 0.3 is 0 Å². The molecule has 0 aliphatic carbocycles. The monoisotopic (exact) mass is 277 g/mol. The summed E-state index contributed by atoms with van der Waals surface area (Å²) in [5, 5.41) is 2.96. The van der Waals surface area contributed by atoms with Crippen molar-refractivity contribution >= 4 is 5.91 Å². The third kappa shape index (κ3) is 4.53. The summed E-state index contributed by atoms with van der Waals surface area (Å²) >= 11 is 0. The van der Waals surface area contributed by atoms with Crippen LogP contribution in [0.3, 0.4) is 0 Å². The average Bonchev–Trinajstić information content (AvgIpc) is 2.45. The van der Waals surface area contributed by atoms with E-state index >= 15 is 0 Å². The Morgan fingerprint density at radius 2 is 1.95 bits per heavy atom. The maximum atomic E-state index is 11.8. The van der Waals surface area contributed by atoms with Crippen LogP contribution in [-0.2, 0) is 9.53 Å². The molecule has 1 aliphatic heterocycles. The van der Waals surface area contributed by atoms with Gasteiger partial charge in [-0.3, -0.25) is 4.79 Å². The topological polar surface area (TPSA) is 47.6 Å². The maximum Gasteiger partial charge on any atom is 0.257 e. The Morgan fingerprint density at radius 3 is 2.60 bits per heavy atom. The first-order valence-electron chi connectivity index (χ1n) is 7.11. The van der Waals surface area contributed by atoms with Gasteiger partial charge in [0, 0.05) is 19.8 Å². The standard InChI is InChI=1S/C16H23NO3/c1-13-3-5-14(6-4-13)20-11-15(18)17-12-16(2)7-9-19-10-8-16/h3-6H,7-12H2,1-2H3,(H,17,18). The molecule has 0 spiro atoms. The zero-order chi connectivity index (χ0) is 14.4. The van der Waals surface area contributed by atoms with Gasteiger partial charge in [0.25, 0.3) is 5.91 Å². The highest BCUT2D eigenvalue weighted by atomic mass is 16.5. The minimum absolute atomic E-state index is 0.0651. The van der Waals surface area contributed by atoms with Gasteiger partial charge in [-0.2, -0.15) is 0 Å². The van der Waals surface area contributed by atoms with Gasteiger partial charge in [0.05, 0.1) is 0 Å². The van der Waals surface area contributed by atoms with Crippen LogP contribution in [0, 0.1) is 12.3 Å². The number of rotatable bonds is 5. The van der Waals surface area contributed by atoms with Crippen molar-refractivity contribution in [2.45, 2.75) is 26.7 Å². The highest BCUT2D eigenvalue weighted by Gasteiger charge is 2.27. The van der Waals surface area contributed by atoms with E-state index in [2.05, 4.69) is 12.2 Å². The van der Waals surface area contributed by atoms with Crippen LogP contribution in [0.5, 0.6) is 5.75 Å². The Bertz CT molecular complexity index is 436. The first-order chi connectivity index (χ1) is 9.57. The number of amides is 1. The second-order valence-electron chi connectivity index (χ2n) is 5.80. The Labute approximate surface area is 120 Å². The van der Waals surface area contributed by atoms with Gasteiger partial charge in [-0.05, 0) is 37.3 Å². The van der Waals surface area contributed by atoms with Gasteiger partial charge in [-0.15, -0.1) is 0 Å². The molecule has 4 heteroatoms. The Morgan fingerprint density at radius 1 is 1.30 bits per heavy atom. The van der Waals surface area contributed by atoms with Gasteiger partial charge < -0.3 is 14.8 Å². The van der Waals surface area contributed by atoms with E-state index in [1.165, 1.54) is 5.56 Å². The van der Waals surface area contributed by atoms with Crippen LogP contribution >= 0.6 is 0 Å². The van der Waals surface area contributed by atoms with Crippen LogP contribution in [0.15, 0.2) is 24.3 Å². The Balaban J connectivity index is 1.71. The summed E-state index contributed by atoms with van der Waals surface area (Å²) < 4.78 is 10.8. The minimum atomic E-state index is -0.0710. The molecule has 0 radical (unpaired) electrons. The first kappa shape index (κ1) is 14.9. The number of carbonyl (C=O) groups excluding carboxylic acids is 1. The van der Waals surface area contributed by atoms with E-state index in [1.807, 2.05) is 31.2 Å². The molecule has 4 nitrogen and oxygen atoms in total. The molecule has 0 atom stereocenters. The molecule has 1 aliphatic rings. The number of nitrogens with one attached hydrogen (secondary N) is 1. The van der Waals surface area contributed by atoms with Crippen molar-refractivity contribution in [3.8, 4) is 5.75 Å². The summed E-state index contributed by atoms with van der Waals surface area (Å²) in [6.07, 6.45) is 1.98. The lowest BCUT2D eigenvalue weighted by atomic mass is 9.82. The van der Waals surface area contributed by atoms with Gasteiger partial charge in [0.15, 0.2) is 6.61 Å². The molecular weight excluding hydrogens is 254 g/mol. The molecule has 0 aromatic heterocycles. The van der Waals surface area contributed by atoms with Crippen LogP contribution in [0.25, 0.3) is 0 Å². The summed E-state index contributed by atoms with van der Waals surface area (Å²) in [7, 11) is 0. The summed E-state index contributed by atoms with van der Waals surface area (Å²) in [6.45, 7) is 6.53. The summed E-state index contributed by atoms with van der Waals surface area (Å²) in [6, 6.07) is 7.69. The van der Waals surface area contributed by atoms with Crippen LogP contribution in [0.4, 0.5) is 0 Å². The van der Waals surface area contributed by atoms with E-state index in [9.17, 15) is 4.79 Å². The van der Waals surface area contributed by atoms with Crippen molar-refractivity contribution in [2.24, 2.45) is 5.41 Å². The van der Waals surface area contributed by atoms with Crippen molar-refractivity contribution in [3.05, 3.63) is 29.8 Å². The molecule has 20 heavy (non-hydrogen) atoms. The second-order valence-corrected chi connectivity index (χ2v) is 5.80. The third-order valence-corrected chi connectivity index (χ3v) is 3.80. The van der Waals surface area contributed by atoms with Crippen molar-refractivity contribution in [2.75, 3.05) is 26.4 Å². The maximum absolute atomic E-state index is 11.8.